The molecule has 1 N–H and O–H groups in total. The molecule has 0 bridgehead atoms. The topological polar surface area (TPSA) is 53.9 Å². The maximum atomic E-state index is 12.9. The summed E-state index contributed by atoms with van der Waals surface area (Å²) in [5.74, 6) is -0.0879. The number of hydrogen-bond donors (Lipinski definition) is 1. The fourth-order valence-corrected chi connectivity index (χ4v) is 3.76. The maximum Gasteiger partial charge on any atom is 0.416 e. The van der Waals surface area contributed by atoms with Crippen molar-refractivity contribution < 1.29 is 22.7 Å². The van der Waals surface area contributed by atoms with Crippen LogP contribution in [0.3, 0.4) is 0 Å². The highest BCUT2D eigenvalue weighted by atomic mass is 35.5. The van der Waals surface area contributed by atoms with Crippen LogP contribution in [0.2, 0.25) is 5.02 Å². The molecule has 0 saturated carbocycles. The summed E-state index contributed by atoms with van der Waals surface area (Å²) in [5, 5.41) is 3.77. The van der Waals surface area contributed by atoms with Crippen LogP contribution in [0.25, 0.3) is 0 Å². The Kier molecular flexibility index (Phi) is 7.48. The first kappa shape index (κ1) is 24.4. The van der Waals surface area contributed by atoms with Crippen LogP contribution in [-0.4, -0.2) is 30.5 Å². The molecule has 5 nitrogen and oxygen atoms in total. The van der Waals surface area contributed by atoms with Crippen LogP contribution >= 0.6 is 11.6 Å². The first-order valence-electron chi connectivity index (χ1n) is 10.1. The van der Waals surface area contributed by atoms with E-state index in [0.717, 1.165) is 17.7 Å². The van der Waals surface area contributed by atoms with E-state index in [-0.39, 0.29) is 6.54 Å². The second kappa shape index (κ2) is 10.1. The van der Waals surface area contributed by atoms with E-state index < -0.39 is 23.8 Å². The van der Waals surface area contributed by atoms with Crippen molar-refractivity contribution in [1.82, 2.24) is 10.2 Å². The highest BCUT2D eigenvalue weighted by molar-refractivity contribution is 6.30. The fourth-order valence-electron chi connectivity index (χ4n) is 3.56. The van der Waals surface area contributed by atoms with E-state index in [1.165, 1.54) is 19.2 Å². The van der Waals surface area contributed by atoms with Crippen molar-refractivity contribution in [2.24, 2.45) is 4.99 Å². The first-order chi connectivity index (χ1) is 15.7. The van der Waals surface area contributed by atoms with Crippen molar-refractivity contribution in [3.8, 4) is 0 Å². The zero-order chi connectivity index (χ0) is 24.2. The van der Waals surface area contributed by atoms with Gasteiger partial charge < -0.3 is 15.0 Å². The van der Waals surface area contributed by atoms with Gasteiger partial charge in [0.25, 0.3) is 0 Å². The number of nitrogens with one attached hydrogen (secondary N) is 1. The third-order valence-electron chi connectivity index (χ3n) is 5.19. The minimum absolute atomic E-state index is 0.190. The van der Waals surface area contributed by atoms with E-state index in [1.807, 2.05) is 6.07 Å². The minimum Gasteiger partial charge on any atom is -0.466 e. The van der Waals surface area contributed by atoms with Gasteiger partial charge in [0, 0.05) is 10.7 Å². The van der Waals surface area contributed by atoms with Crippen molar-refractivity contribution in [1.29, 1.82) is 0 Å². The molecule has 1 aliphatic heterocycles. The monoisotopic (exact) mass is 477 g/mol. The van der Waals surface area contributed by atoms with E-state index in [0.29, 0.717) is 34.4 Å². The van der Waals surface area contributed by atoms with Gasteiger partial charge in [0.05, 0.1) is 37.4 Å². The summed E-state index contributed by atoms with van der Waals surface area (Å²) in [7, 11) is 1.29. The molecule has 0 amide bonds. The number of alkyl halides is 3. The SMILES string of the molecule is C=CCN=C1NC(c2cccc(Cl)c2)C(C(=O)OC)=C(C)N1Cc1ccc(C(F)(F)F)cc1. The second-order valence-corrected chi connectivity index (χ2v) is 7.79. The molecule has 2 aromatic carbocycles. The average molecular weight is 478 g/mol. The number of nitrogens with zero attached hydrogens (tertiary/aromatic N) is 2. The highest BCUT2D eigenvalue weighted by Gasteiger charge is 2.35. The Bertz CT molecular complexity index is 1090. The fraction of sp³-hybridized carbons (Fsp3) is 0.250. The Morgan fingerprint density at radius 3 is 2.55 bits per heavy atom. The summed E-state index contributed by atoms with van der Waals surface area (Å²) in [6, 6.07) is 11.4. The van der Waals surface area contributed by atoms with E-state index in [1.54, 1.807) is 36.1 Å². The zero-order valence-electron chi connectivity index (χ0n) is 18.1. The lowest BCUT2D eigenvalue weighted by Gasteiger charge is -2.38. The second-order valence-electron chi connectivity index (χ2n) is 7.36. The van der Waals surface area contributed by atoms with Gasteiger partial charge in [-0.15, -0.1) is 6.58 Å². The molecule has 0 saturated heterocycles. The molecule has 0 aromatic heterocycles. The van der Waals surface area contributed by atoms with Gasteiger partial charge in [0.1, 0.15) is 0 Å². The van der Waals surface area contributed by atoms with E-state index in [4.69, 9.17) is 16.3 Å². The molecule has 33 heavy (non-hydrogen) atoms. The molecule has 0 aliphatic carbocycles. The third kappa shape index (κ3) is 5.57. The molecular weight excluding hydrogens is 455 g/mol. The molecule has 1 atom stereocenters. The number of ether oxygens (including phenoxy) is 1. The largest absolute Gasteiger partial charge is 0.466 e. The van der Waals surface area contributed by atoms with Crippen LogP contribution in [0.15, 0.2) is 77.4 Å². The van der Waals surface area contributed by atoms with E-state index in [2.05, 4.69) is 16.9 Å². The molecule has 1 unspecified atom stereocenters. The van der Waals surface area contributed by atoms with Crippen LogP contribution in [-0.2, 0) is 22.3 Å². The van der Waals surface area contributed by atoms with E-state index in [9.17, 15) is 18.0 Å². The molecule has 1 heterocycles. The number of carbonyl (C=O) groups is 1. The predicted molar refractivity (Wildman–Crippen MR) is 122 cm³/mol. The molecule has 0 fully saturated rings. The van der Waals surface area contributed by atoms with Crippen molar-refractivity contribution in [3.63, 3.8) is 0 Å². The number of benzene rings is 2. The van der Waals surface area contributed by atoms with Gasteiger partial charge in [0.2, 0.25) is 0 Å². The summed E-state index contributed by atoms with van der Waals surface area (Å²) >= 11 is 6.17. The standard InChI is InChI=1S/C24H23ClF3N3O2/c1-4-12-29-23-30-21(17-6-5-7-19(25)13-17)20(22(32)33-3)15(2)31(23)14-16-8-10-18(11-9-16)24(26,27)28/h4-11,13,21H,1,12,14H2,2-3H3,(H,29,30). The molecule has 3 rings (SSSR count). The van der Waals surface area contributed by atoms with Gasteiger partial charge in [-0.05, 0) is 42.3 Å². The number of rotatable bonds is 6. The highest BCUT2D eigenvalue weighted by Crippen LogP contribution is 2.34. The summed E-state index contributed by atoms with van der Waals surface area (Å²) in [6.07, 6.45) is -2.80. The summed E-state index contributed by atoms with van der Waals surface area (Å²) < 4.78 is 43.8. The smallest absolute Gasteiger partial charge is 0.416 e. The van der Waals surface area contributed by atoms with E-state index >= 15 is 0 Å². The van der Waals surface area contributed by atoms with Gasteiger partial charge in [-0.2, -0.15) is 13.2 Å². The minimum atomic E-state index is -4.42. The van der Waals surface area contributed by atoms with Gasteiger partial charge in [-0.3, -0.25) is 0 Å². The number of halogens is 4. The number of guanidine groups is 1. The van der Waals surface area contributed by atoms with Crippen molar-refractivity contribution in [3.05, 3.63) is 94.2 Å². The average Bonchev–Trinajstić information content (AvgIpc) is 2.78. The molecular formula is C24H23ClF3N3O2. The summed E-state index contributed by atoms with van der Waals surface area (Å²) in [4.78, 5) is 19.0. The predicted octanol–water partition coefficient (Wildman–Crippen LogP) is 5.49. The Balaban J connectivity index is 2.07. The Morgan fingerprint density at radius 1 is 1.27 bits per heavy atom. The summed E-state index contributed by atoms with van der Waals surface area (Å²) in [6.45, 7) is 5.93. The van der Waals surface area contributed by atoms with Gasteiger partial charge >= 0.3 is 12.1 Å². The molecule has 1 aliphatic rings. The molecule has 174 valence electrons. The molecule has 9 heteroatoms. The number of aliphatic imine (C=N–C) groups is 1. The molecule has 2 aromatic rings. The molecule has 0 radical (unpaired) electrons. The van der Waals surface area contributed by atoms with Crippen LogP contribution in [0.4, 0.5) is 13.2 Å². The Morgan fingerprint density at radius 2 is 1.97 bits per heavy atom. The number of carbonyl (C=O) groups excluding carboxylic acids is 1. The lowest BCUT2D eigenvalue weighted by atomic mass is 9.94. The van der Waals surface area contributed by atoms with Gasteiger partial charge in [-0.1, -0.05) is 41.9 Å². The van der Waals surface area contributed by atoms with Gasteiger partial charge in [0.15, 0.2) is 5.96 Å². The normalized spacial score (nSPS) is 17.7. The Labute approximate surface area is 195 Å². The lowest BCUT2D eigenvalue weighted by molar-refractivity contribution is -0.138. The number of hydrogen-bond acceptors (Lipinski definition) is 3. The summed E-state index contributed by atoms with van der Waals surface area (Å²) in [5.41, 5.74) is 1.54. The van der Waals surface area contributed by atoms with Crippen molar-refractivity contribution in [2.75, 3.05) is 13.7 Å². The molecule has 0 spiro atoms. The van der Waals surface area contributed by atoms with Crippen molar-refractivity contribution in [2.45, 2.75) is 25.7 Å². The Hall–Kier alpha value is -3.26. The zero-order valence-corrected chi connectivity index (χ0v) is 18.9. The van der Waals surface area contributed by atoms with Crippen LogP contribution in [0.5, 0.6) is 0 Å². The number of allylic oxidation sites excluding steroid dienone is 1. The first-order valence-corrected chi connectivity index (χ1v) is 10.4. The third-order valence-corrected chi connectivity index (χ3v) is 5.43. The van der Waals surface area contributed by atoms with Gasteiger partial charge in [-0.25, -0.2) is 9.79 Å². The lowest BCUT2D eigenvalue weighted by Crippen LogP contribution is -2.48. The van der Waals surface area contributed by atoms with Crippen LogP contribution < -0.4 is 5.32 Å². The maximum absolute atomic E-state index is 12.9. The van der Waals surface area contributed by atoms with Crippen LogP contribution in [0, 0.1) is 0 Å². The van der Waals surface area contributed by atoms with Crippen molar-refractivity contribution >= 4 is 23.5 Å². The number of esters is 1. The quantitative estimate of drug-likeness (QED) is 0.441. The van der Waals surface area contributed by atoms with Crippen LogP contribution in [0.1, 0.15) is 29.7 Å². The number of methoxy groups -OCH3 is 1.